The maximum atomic E-state index is 14.8. The van der Waals surface area contributed by atoms with Crippen molar-refractivity contribution in [2.75, 3.05) is 13.2 Å². The van der Waals surface area contributed by atoms with Crippen LogP contribution in [0.2, 0.25) is 24.7 Å². The highest BCUT2D eigenvalue weighted by Gasteiger charge is 2.77. The van der Waals surface area contributed by atoms with E-state index in [4.69, 9.17) is 18.3 Å². The van der Waals surface area contributed by atoms with Crippen molar-refractivity contribution in [3.63, 3.8) is 0 Å². The summed E-state index contributed by atoms with van der Waals surface area (Å²) in [6.45, 7) is 19.8. The first-order valence-corrected chi connectivity index (χ1v) is 23.3. The molecule has 0 spiro atoms. The Balaban J connectivity index is 1.59. The van der Waals surface area contributed by atoms with Gasteiger partial charge >= 0.3 is 0 Å². The molecule has 250 valence electrons. The van der Waals surface area contributed by atoms with Gasteiger partial charge in [-0.15, -0.1) is 0 Å². The van der Waals surface area contributed by atoms with E-state index in [1.807, 2.05) is 38.1 Å². The van der Waals surface area contributed by atoms with Gasteiger partial charge in [-0.3, -0.25) is 0 Å². The molecule has 2 heterocycles. The smallest absolute Gasteiger partial charge is 0.261 e. The Morgan fingerprint density at radius 2 is 1.41 bits per heavy atom. The monoisotopic (exact) mass is 680 g/mol. The molecule has 0 unspecified atom stereocenters. The normalized spacial score (nSPS) is 27.4. The molecule has 3 aromatic carbocycles. The zero-order valence-corrected chi connectivity index (χ0v) is 31.9. The van der Waals surface area contributed by atoms with E-state index < -0.39 is 48.7 Å². The van der Waals surface area contributed by atoms with E-state index >= 15 is 0 Å². The summed E-state index contributed by atoms with van der Waals surface area (Å²) in [7, 11) is -8.94. The molecule has 4 atom stereocenters. The number of epoxide rings is 1. The maximum Gasteiger partial charge on any atom is 0.261 e. The highest BCUT2D eigenvalue weighted by Crippen LogP contribution is 2.59. The molecular weight excluding hydrogens is 629 g/mol. The largest absolute Gasteiger partial charge is 0.410 e. The third kappa shape index (κ3) is 6.36. The molecule has 2 saturated heterocycles. The fourth-order valence-corrected chi connectivity index (χ4v) is 15.9. The second-order valence-electron chi connectivity index (χ2n) is 15.5. The van der Waals surface area contributed by atoms with Gasteiger partial charge < -0.3 is 18.3 Å². The van der Waals surface area contributed by atoms with Crippen LogP contribution in [0.4, 0.5) is 0 Å². The fourth-order valence-electron chi connectivity index (χ4n) is 7.42. The van der Waals surface area contributed by atoms with Gasteiger partial charge in [0.2, 0.25) is 14.8 Å². The van der Waals surface area contributed by atoms with Gasteiger partial charge in [-0.05, 0) is 80.8 Å². The van der Waals surface area contributed by atoms with Gasteiger partial charge in [-0.25, -0.2) is 8.42 Å². The lowest BCUT2D eigenvalue weighted by atomic mass is 9.86. The third-order valence-electron chi connectivity index (χ3n) is 9.71. The van der Waals surface area contributed by atoms with E-state index in [2.05, 4.69) is 95.9 Å². The van der Waals surface area contributed by atoms with E-state index in [-0.39, 0.29) is 23.0 Å². The number of hydrogen-bond donors (Lipinski definition) is 0. The summed E-state index contributed by atoms with van der Waals surface area (Å²) in [5, 5.41) is 2.00. The van der Waals surface area contributed by atoms with Crippen molar-refractivity contribution in [1.82, 2.24) is 0 Å². The molecule has 46 heavy (non-hydrogen) atoms. The van der Waals surface area contributed by atoms with Crippen LogP contribution in [-0.4, -0.2) is 60.5 Å². The number of sulfone groups is 1. The molecule has 0 N–H and O–H groups in total. The van der Waals surface area contributed by atoms with Gasteiger partial charge in [0.05, 0.1) is 23.2 Å². The lowest BCUT2D eigenvalue weighted by Gasteiger charge is -2.46. The van der Waals surface area contributed by atoms with Gasteiger partial charge in [-0.2, -0.15) is 0 Å². The van der Waals surface area contributed by atoms with Crippen LogP contribution in [0.3, 0.4) is 0 Å². The zero-order chi connectivity index (χ0) is 33.7. The second kappa shape index (κ2) is 12.4. The van der Waals surface area contributed by atoms with E-state index in [0.29, 0.717) is 6.61 Å². The Morgan fingerprint density at radius 1 is 0.870 bits per heavy atom. The number of rotatable bonds is 11. The molecule has 0 bridgehead atoms. The Hall–Kier alpha value is -2.12. The molecule has 6 nitrogen and oxygen atoms in total. The molecule has 2 fully saturated rings. The SMILES string of the molecule is Cc1ccc(S(=O)(=O)[C@@]2(C[C@H]3OCCC[C@]3(C)O[Si](C)(C)C)O[C@@]2(C)CO[Si](c2ccccc2)(c2ccccc2)C(C)(C)C)cc1. The van der Waals surface area contributed by atoms with Gasteiger partial charge in [0.25, 0.3) is 8.32 Å². The van der Waals surface area contributed by atoms with Crippen LogP contribution < -0.4 is 10.4 Å². The Bertz CT molecular complexity index is 1560. The molecule has 5 rings (SSSR count). The van der Waals surface area contributed by atoms with Crippen molar-refractivity contribution in [2.45, 2.75) is 113 Å². The lowest BCUT2D eigenvalue weighted by Crippen LogP contribution is -2.67. The first kappa shape index (κ1) is 35.2. The van der Waals surface area contributed by atoms with E-state index in [1.165, 1.54) is 0 Å². The predicted octanol–water partition coefficient (Wildman–Crippen LogP) is 7.01. The van der Waals surface area contributed by atoms with Crippen molar-refractivity contribution in [1.29, 1.82) is 0 Å². The highest BCUT2D eigenvalue weighted by molar-refractivity contribution is 7.93. The lowest BCUT2D eigenvalue weighted by molar-refractivity contribution is -0.130. The summed E-state index contributed by atoms with van der Waals surface area (Å²) in [5.41, 5.74) is -0.747. The minimum absolute atomic E-state index is 0.115. The molecule has 2 aliphatic rings. The average molecular weight is 681 g/mol. The molecule has 0 saturated carbocycles. The molecule has 3 aromatic rings. The van der Waals surface area contributed by atoms with Crippen LogP contribution >= 0.6 is 0 Å². The summed E-state index contributed by atoms with van der Waals surface area (Å²) in [6, 6.07) is 27.9. The summed E-state index contributed by atoms with van der Waals surface area (Å²) < 4.78 is 56.8. The average Bonchev–Trinajstić information content (AvgIpc) is 3.59. The van der Waals surface area contributed by atoms with E-state index in [1.54, 1.807) is 12.1 Å². The quantitative estimate of drug-likeness (QED) is 0.160. The molecule has 0 radical (unpaired) electrons. The first-order valence-electron chi connectivity index (χ1n) is 16.5. The van der Waals surface area contributed by atoms with Gasteiger partial charge in [0.15, 0.2) is 8.32 Å². The fraction of sp³-hybridized carbons (Fsp3) is 0.514. The van der Waals surface area contributed by atoms with Crippen molar-refractivity contribution in [3.8, 4) is 0 Å². The van der Waals surface area contributed by atoms with Crippen molar-refractivity contribution in [3.05, 3.63) is 90.5 Å². The van der Waals surface area contributed by atoms with Crippen molar-refractivity contribution < 1.29 is 26.7 Å². The van der Waals surface area contributed by atoms with Crippen molar-refractivity contribution >= 4 is 36.8 Å². The Morgan fingerprint density at radius 3 is 1.91 bits per heavy atom. The van der Waals surface area contributed by atoms with E-state index in [0.717, 1.165) is 28.8 Å². The Labute approximate surface area is 279 Å². The minimum Gasteiger partial charge on any atom is -0.410 e. The molecule has 0 aliphatic carbocycles. The molecule has 9 heteroatoms. The molecule has 2 aliphatic heterocycles. The zero-order valence-electron chi connectivity index (χ0n) is 29.1. The van der Waals surface area contributed by atoms with Crippen LogP contribution in [0.5, 0.6) is 0 Å². The summed E-state index contributed by atoms with van der Waals surface area (Å²) in [5.74, 6) is 0. The Kier molecular flexibility index (Phi) is 9.49. The van der Waals surface area contributed by atoms with Crippen molar-refractivity contribution in [2.24, 2.45) is 0 Å². The number of ether oxygens (including phenoxy) is 2. The van der Waals surface area contributed by atoms with Crippen LogP contribution in [0.15, 0.2) is 89.8 Å². The van der Waals surface area contributed by atoms with Gasteiger partial charge in [0.1, 0.15) is 5.60 Å². The van der Waals surface area contributed by atoms with Gasteiger partial charge in [-0.1, -0.05) is 99.1 Å². The topological polar surface area (TPSA) is 74.4 Å². The second-order valence-corrected chi connectivity index (χ2v) is 26.4. The maximum absolute atomic E-state index is 14.8. The third-order valence-corrected chi connectivity index (χ3v) is 18.2. The molecule has 0 aromatic heterocycles. The van der Waals surface area contributed by atoms with Crippen LogP contribution in [-0.2, 0) is 28.2 Å². The predicted molar refractivity (Wildman–Crippen MR) is 191 cm³/mol. The molecule has 0 amide bonds. The highest BCUT2D eigenvalue weighted by atomic mass is 32.2. The summed E-state index contributed by atoms with van der Waals surface area (Å²) >= 11 is 0. The summed E-state index contributed by atoms with van der Waals surface area (Å²) in [4.78, 5) is -1.30. The summed E-state index contributed by atoms with van der Waals surface area (Å²) in [6.07, 6.45) is 1.37. The van der Waals surface area contributed by atoms with Crippen LogP contribution in [0.1, 0.15) is 59.4 Å². The first-order chi connectivity index (χ1) is 21.4. The molecular formula is C37H52O6SSi2. The number of hydrogen-bond acceptors (Lipinski definition) is 6. The number of aryl methyl sites for hydroxylation is 1. The van der Waals surface area contributed by atoms with Crippen LogP contribution in [0, 0.1) is 6.92 Å². The van der Waals surface area contributed by atoms with E-state index in [9.17, 15) is 8.42 Å². The van der Waals surface area contributed by atoms with Gasteiger partial charge in [0, 0.05) is 13.0 Å². The number of benzene rings is 3. The minimum atomic E-state index is -3.99. The van der Waals surface area contributed by atoms with Crippen LogP contribution in [0.25, 0.3) is 0 Å². The standard InChI is InChI=1S/C37H52O6SSi2/c1-29-21-23-30(24-22-29)44(38,39)37(27-33-35(5,25-16-26-40-33)43-45(7,8)9)36(6,42-37)28-41-46(34(2,3)4,31-17-12-10-13-18-31)32-19-14-11-15-20-32/h10-15,17-24,33H,16,25-28H2,1-9H3/t33-,35+,36+,37-/m1/s1.